The first-order chi connectivity index (χ1) is 9.31. The molecule has 1 atom stereocenters. The van der Waals surface area contributed by atoms with Crippen LogP contribution in [0.3, 0.4) is 0 Å². The van der Waals surface area contributed by atoms with E-state index in [1.807, 2.05) is 30.3 Å². The molecule has 2 N–H and O–H groups in total. The van der Waals surface area contributed by atoms with Gasteiger partial charge in [0.15, 0.2) is 0 Å². The van der Waals surface area contributed by atoms with Crippen LogP contribution in [0.1, 0.15) is 19.3 Å². The lowest BCUT2D eigenvalue weighted by Gasteiger charge is -2.10. The van der Waals surface area contributed by atoms with E-state index in [9.17, 15) is 4.79 Å². The number of anilines is 1. The van der Waals surface area contributed by atoms with Gasteiger partial charge in [0, 0.05) is 29.7 Å². The van der Waals surface area contributed by atoms with Gasteiger partial charge in [-0.15, -0.1) is 0 Å². The fraction of sp³-hybridized carbons (Fsp3) is 0.333. The quantitative estimate of drug-likeness (QED) is 0.885. The molecule has 1 unspecified atom stereocenters. The van der Waals surface area contributed by atoms with Crippen molar-refractivity contribution in [3.8, 4) is 0 Å². The molecule has 3 rings (SSSR count). The molecule has 2 heterocycles. The largest absolute Gasteiger partial charge is 0.326 e. The van der Waals surface area contributed by atoms with E-state index in [0.717, 1.165) is 29.6 Å². The van der Waals surface area contributed by atoms with Crippen molar-refractivity contribution < 1.29 is 4.79 Å². The molecular weight excluding hydrogens is 238 g/mol. The molecule has 98 valence electrons. The Bertz CT molecular complexity index is 591. The zero-order valence-corrected chi connectivity index (χ0v) is 10.7. The summed E-state index contributed by atoms with van der Waals surface area (Å²) in [6.07, 6.45) is 4.58. The Morgan fingerprint density at radius 3 is 3.21 bits per heavy atom. The van der Waals surface area contributed by atoms with Crippen molar-refractivity contribution in [1.82, 2.24) is 10.3 Å². The van der Waals surface area contributed by atoms with Crippen LogP contribution in [0.4, 0.5) is 5.69 Å². The van der Waals surface area contributed by atoms with Gasteiger partial charge in [-0.3, -0.25) is 9.78 Å². The summed E-state index contributed by atoms with van der Waals surface area (Å²) in [5, 5.41) is 7.33. The number of fused-ring (bicyclic) bond motifs is 1. The normalized spacial score (nSPS) is 18.6. The Balaban J connectivity index is 1.68. The second-order valence-electron chi connectivity index (χ2n) is 4.96. The Hall–Kier alpha value is -1.94. The Labute approximate surface area is 112 Å². The van der Waals surface area contributed by atoms with Gasteiger partial charge < -0.3 is 10.6 Å². The van der Waals surface area contributed by atoms with Crippen LogP contribution in [-0.2, 0) is 4.79 Å². The summed E-state index contributed by atoms with van der Waals surface area (Å²) in [7, 11) is 0. The van der Waals surface area contributed by atoms with Crippen molar-refractivity contribution in [3.05, 3.63) is 36.5 Å². The molecule has 1 saturated heterocycles. The first-order valence-electron chi connectivity index (χ1n) is 6.69. The first-order valence-corrected chi connectivity index (χ1v) is 6.69. The highest BCUT2D eigenvalue weighted by Gasteiger charge is 2.17. The number of aromatic nitrogens is 1. The van der Waals surface area contributed by atoms with Gasteiger partial charge in [-0.1, -0.05) is 6.07 Å². The van der Waals surface area contributed by atoms with Gasteiger partial charge in [0.1, 0.15) is 0 Å². The van der Waals surface area contributed by atoms with Crippen LogP contribution in [0.5, 0.6) is 0 Å². The fourth-order valence-corrected chi connectivity index (χ4v) is 2.52. The molecule has 1 aromatic carbocycles. The molecular formula is C15H17N3O. The van der Waals surface area contributed by atoms with Crippen molar-refractivity contribution in [3.63, 3.8) is 0 Å². The molecule has 19 heavy (non-hydrogen) atoms. The molecule has 0 aliphatic carbocycles. The van der Waals surface area contributed by atoms with Crippen molar-refractivity contribution in [1.29, 1.82) is 0 Å². The number of rotatable bonds is 3. The Morgan fingerprint density at radius 1 is 1.42 bits per heavy atom. The minimum atomic E-state index is 0.0719. The highest BCUT2D eigenvalue weighted by molar-refractivity contribution is 5.93. The fourth-order valence-electron chi connectivity index (χ4n) is 2.52. The predicted molar refractivity (Wildman–Crippen MR) is 76.0 cm³/mol. The van der Waals surface area contributed by atoms with Crippen LogP contribution in [0.15, 0.2) is 36.5 Å². The lowest BCUT2D eigenvalue weighted by molar-refractivity contribution is -0.116. The summed E-state index contributed by atoms with van der Waals surface area (Å²) in [5.74, 6) is 0.0719. The molecule has 1 aliphatic heterocycles. The SMILES string of the molecule is O=C(CC1CCCN1)Nc1ccc2ncccc2c1. The zero-order valence-electron chi connectivity index (χ0n) is 10.7. The highest BCUT2D eigenvalue weighted by atomic mass is 16.1. The Morgan fingerprint density at radius 2 is 2.37 bits per heavy atom. The average Bonchev–Trinajstić information content (AvgIpc) is 2.91. The third-order valence-corrected chi connectivity index (χ3v) is 3.48. The zero-order chi connectivity index (χ0) is 13.1. The number of carbonyl (C=O) groups excluding carboxylic acids is 1. The number of nitrogens with zero attached hydrogens (tertiary/aromatic N) is 1. The summed E-state index contributed by atoms with van der Waals surface area (Å²) in [6.45, 7) is 1.03. The van der Waals surface area contributed by atoms with E-state index in [1.54, 1.807) is 6.20 Å². The van der Waals surface area contributed by atoms with Gasteiger partial charge in [0.25, 0.3) is 0 Å². The van der Waals surface area contributed by atoms with Gasteiger partial charge >= 0.3 is 0 Å². The van der Waals surface area contributed by atoms with E-state index in [4.69, 9.17) is 0 Å². The van der Waals surface area contributed by atoms with Gasteiger partial charge in [-0.25, -0.2) is 0 Å². The van der Waals surface area contributed by atoms with Crippen LogP contribution >= 0.6 is 0 Å². The van der Waals surface area contributed by atoms with Crippen molar-refractivity contribution >= 4 is 22.5 Å². The molecule has 0 spiro atoms. The van der Waals surface area contributed by atoms with E-state index in [-0.39, 0.29) is 5.91 Å². The molecule has 4 nitrogen and oxygen atoms in total. The van der Waals surface area contributed by atoms with E-state index < -0.39 is 0 Å². The monoisotopic (exact) mass is 255 g/mol. The number of nitrogens with one attached hydrogen (secondary N) is 2. The molecule has 0 bridgehead atoms. The summed E-state index contributed by atoms with van der Waals surface area (Å²) < 4.78 is 0. The summed E-state index contributed by atoms with van der Waals surface area (Å²) in [5.41, 5.74) is 1.78. The topological polar surface area (TPSA) is 54.0 Å². The molecule has 1 amide bonds. The molecule has 1 fully saturated rings. The molecule has 4 heteroatoms. The number of amides is 1. The molecule has 1 aromatic heterocycles. The minimum absolute atomic E-state index is 0.0719. The average molecular weight is 255 g/mol. The Kier molecular flexibility index (Phi) is 3.42. The predicted octanol–water partition coefficient (Wildman–Crippen LogP) is 2.32. The number of benzene rings is 1. The second-order valence-corrected chi connectivity index (χ2v) is 4.96. The molecule has 2 aromatic rings. The van der Waals surface area contributed by atoms with Gasteiger partial charge in [0.05, 0.1) is 5.52 Å². The maximum Gasteiger partial charge on any atom is 0.225 e. The maximum absolute atomic E-state index is 11.9. The third-order valence-electron chi connectivity index (χ3n) is 3.48. The number of carbonyl (C=O) groups is 1. The lowest BCUT2D eigenvalue weighted by Crippen LogP contribution is -2.27. The van der Waals surface area contributed by atoms with Crippen LogP contribution in [0, 0.1) is 0 Å². The summed E-state index contributed by atoms with van der Waals surface area (Å²) in [4.78, 5) is 16.2. The van der Waals surface area contributed by atoms with Crippen molar-refractivity contribution in [2.24, 2.45) is 0 Å². The molecule has 0 radical (unpaired) electrons. The maximum atomic E-state index is 11.9. The first kappa shape index (κ1) is 12.1. The number of hydrogen-bond donors (Lipinski definition) is 2. The van der Waals surface area contributed by atoms with E-state index in [1.165, 1.54) is 6.42 Å². The van der Waals surface area contributed by atoms with Crippen molar-refractivity contribution in [2.45, 2.75) is 25.3 Å². The van der Waals surface area contributed by atoms with E-state index in [2.05, 4.69) is 15.6 Å². The summed E-state index contributed by atoms with van der Waals surface area (Å²) >= 11 is 0. The molecule has 0 saturated carbocycles. The number of hydrogen-bond acceptors (Lipinski definition) is 3. The van der Waals surface area contributed by atoms with Crippen LogP contribution in [0.25, 0.3) is 10.9 Å². The molecule has 1 aliphatic rings. The standard InChI is InChI=1S/C15H17N3O/c19-15(10-12-4-2-7-16-12)18-13-5-6-14-11(9-13)3-1-8-17-14/h1,3,5-6,8-9,12,16H,2,4,7,10H2,(H,18,19). The van der Waals surface area contributed by atoms with Crippen molar-refractivity contribution in [2.75, 3.05) is 11.9 Å². The van der Waals surface area contributed by atoms with E-state index in [0.29, 0.717) is 12.5 Å². The van der Waals surface area contributed by atoms with Crippen LogP contribution in [0.2, 0.25) is 0 Å². The number of pyridine rings is 1. The summed E-state index contributed by atoms with van der Waals surface area (Å²) in [6, 6.07) is 10.0. The van der Waals surface area contributed by atoms with Crippen LogP contribution in [-0.4, -0.2) is 23.5 Å². The van der Waals surface area contributed by atoms with E-state index >= 15 is 0 Å². The van der Waals surface area contributed by atoms with Gasteiger partial charge in [0.2, 0.25) is 5.91 Å². The van der Waals surface area contributed by atoms with Crippen LogP contribution < -0.4 is 10.6 Å². The second kappa shape index (κ2) is 5.36. The smallest absolute Gasteiger partial charge is 0.225 e. The minimum Gasteiger partial charge on any atom is -0.326 e. The lowest BCUT2D eigenvalue weighted by atomic mass is 10.1. The third kappa shape index (κ3) is 2.90. The van der Waals surface area contributed by atoms with Gasteiger partial charge in [-0.05, 0) is 43.7 Å². The van der Waals surface area contributed by atoms with Gasteiger partial charge in [-0.2, -0.15) is 0 Å². The highest BCUT2D eigenvalue weighted by Crippen LogP contribution is 2.17.